The first-order valence-electron chi connectivity index (χ1n) is 8.75. The van der Waals surface area contributed by atoms with Crippen LogP contribution in [0.25, 0.3) is 0 Å². The molecule has 4 rings (SSSR count). The predicted octanol–water partition coefficient (Wildman–Crippen LogP) is 1.55. The minimum absolute atomic E-state index is 0.0600. The van der Waals surface area contributed by atoms with Gasteiger partial charge >= 0.3 is 0 Å². The van der Waals surface area contributed by atoms with Gasteiger partial charge < -0.3 is 9.80 Å². The zero-order valence-electron chi connectivity index (χ0n) is 14.6. The lowest BCUT2D eigenvalue weighted by molar-refractivity contribution is -0.128. The first-order chi connectivity index (χ1) is 12.5. The number of likely N-dealkylation sites (tertiary alicyclic amines) is 2. The zero-order chi connectivity index (χ0) is 18.3. The molecule has 7 nitrogen and oxygen atoms in total. The van der Waals surface area contributed by atoms with Crippen molar-refractivity contribution < 1.29 is 14.0 Å². The van der Waals surface area contributed by atoms with Crippen molar-refractivity contribution in [1.82, 2.24) is 24.8 Å². The molecule has 0 atom stereocenters. The van der Waals surface area contributed by atoms with Crippen LogP contribution in [0, 0.1) is 12.7 Å². The molecule has 0 radical (unpaired) electrons. The number of aromatic nitrogens is 3. The summed E-state index contributed by atoms with van der Waals surface area (Å²) in [6, 6.07) is 4.61. The van der Waals surface area contributed by atoms with E-state index in [0.717, 1.165) is 18.7 Å². The van der Waals surface area contributed by atoms with Crippen molar-refractivity contribution >= 4 is 11.8 Å². The number of hydrogen-bond acceptors (Lipinski definition) is 4. The molecule has 136 valence electrons. The maximum absolute atomic E-state index is 13.6. The van der Waals surface area contributed by atoms with E-state index in [0.29, 0.717) is 37.2 Å². The standard InChI is InChI=1S/C18H20FN5O2/c1-12-4-5-13(7-16(12)19)18(26)23-10-15(11-23)24-9-14(20-21-24)8-22-6-2-3-17(22)25/h4-5,7,9,15H,2-3,6,8,10-11H2,1H3. The molecule has 8 heteroatoms. The van der Waals surface area contributed by atoms with E-state index < -0.39 is 0 Å². The molecule has 0 spiro atoms. The second kappa shape index (κ2) is 6.51. The third-order valence-corrected chi connectivity index (χ3v) is 5.02. The molecule has 2 aliphatic heterocycles. The molecule has 2 aliphatic rings. The summed E-state index contributed by atoms with van der Waals surface area (Å²) in [5, 5.41) is 8.26. The lowest BCUT2D eigenvalue weighted by Crippen LogP contribution is -2.50. The number of benzene rings is 1. The van der Waals surface area contributed by atoms with E-state index in [4.69, 9.17) is 0 Å². The highest BCUT2D eigenvalue weighted by Gasteiger charge is 2.33. The van der Waals surface area contributed by atoms with Gasteiger partial charge in [0.1, 0.15) is 11.5 Å². The average molecular weight is 357 g/mol. The van der Waals surface area contributed by atoms with Crippen LogP contribution in [0.5, 0.6) is 0 Å². The number of carbonyl (C=O) groups excluding carboxylic acids is 2. The van der Waals surface area contributed by atoms with Crippen molar-refractivity contribution in [2.24, 2.45) is 0 Å². The molecule has 26 heavy (non-hydrogen) atoms. The third kappa shape index (κ3) is 3.07. The van der Waals surface area contributed by atoms with Crippen molar-refractivity contribution in [3.05, 3.63) is 47.0 Å². The molecular weight excluding hydrogens is 337 g/mol. The van der Waals surface area contributed by atoms with Crippen molar-refractivity contribution in [3.8, 4) is 0 Å². The van der Waals surface area contributed by atoms with E-state index in [-0.39, 0.29) is 23.7 Å². The zero-order valence-corrected chi connectivity index (χ0v) is 14.6. The van der Waals surface area contributed by atoms with E-state index >= 15 is 0 Å². The summed E-state index contributed by atoms with van der Waals surface area (Å²) in [6.45, 7) is 3.95. The molecule has 2 saturated heterocycles. The van der Waals surface area contributed by atoms with Crippen LogP contribution in [0.3, 0.4) is 0 Å². The lowest BCUT2D eigenvalue weighted by atomic mass is 10.1. The summed E-state index contributed by atoms with van der Waals surface area (Å²) in [7, 11) is 0. The Kier molecular flexibility index (Phi) is 4.18. The van der Waals surface area contributed by atoms with E-state index in [1.54, 1.807) is 33.5 Å². The summed E-state index contributed by atoms with van der Waals surface area (Å²) < 4.78 is 15.4. The van der Waals surface area contributed by atoms with Gasteiger partial charge in [-0.25, -0.2) is 9.07 Å². The highest BCUT2D eigenvalue weighted by atomic mass is 19.1. The molecule has 1 aromatic heterocycles. The van der Waals surface area contributed by atoms with Crippen LogP contribution in [0.15, 0.2) is 24.4 Å². The Labute approximate surface area is 150 Å². The second-order valence-corrected chi connectivity index (χ2v) is 6.94. The quantitative estimate of drug-likeness (QED) is 0.832. The molecule has 2 amide bonds. The Balaban J connectivity index is 1.35. The van der Waals surface area contributed by atoms with Gasteiger partial charge in [0.2, 0.25) is 5.91 Å². The molecule has 2 aromatic rings. The van der Waals surface area contributed by atoms with E-state index in [9.17, 15) is 14.0 Å². The molecule has 0 bridgehead atoms. The predicted molar refractivity (Wildman–Crippen MR) is 90.8 cm³/mol. The molecule has 0 aliphatic carbocycles. The summed E-state index contributed by atoms with van der Waals surface area (Å²) in [4.78, 5) is 27.5. The van der Waals surface area contributed by atoms with Gasteiger partial charge in [0, 0.05) is 31.6 Å². The number of carbonyl (C=O) groups is 2. The molecule has 0 unspecified atom stereocenters. The minimum atomic E-state index is -0.370. The maximum atomic E-state index is 13.6. The smallest absolute Gasteiger partial charge is 0.254 e. The Morgan fingerprint density at radius 3 is 2.85 bits per heavy atom. The van der Waals surface area contributed by atoms with Crippen molar-refractivity contribution in [2.45, 2.75) is 32.4 Å². The largest absolute Gasteiger partial charge is 0.337 e. The molecule has 2 fully saturated rings. The first-order valence-corrected chi connectivity index (χ1v) is 8.75. The number of halogens is 1. The molecule has 3 heterocycles. The number of rotatable bonds is 4. The Bertz CT molecular complexity index is 859. The van der Waals surface area contributed by atoms with Crippen molar-refractivity contribution in [3.63, 3.8) is 0 Å². The molecular formula is C18H20FN5O2. The first kappa shape index (κ1) is 16.7. The van der Waals surface area contributed by atoms with Crippen LogP contribution in [0.2, 0.25) is 0 Å². The van der Waals surface area contributed by atoms with Gasteiger partial charge in [0.15, 0.2) is 0 Å². The molecule has 0 saturated carbocycles. The Morgan fingerprint density at radius 2 is 2.15 bits per heavy atom. The van der Waals surface area contributed by atoms with Gasteiger partial charge in [-0.2, -0.15) is 0 Å². The van der Waals surface area contributed by atoms with Crippen molar-refractivity contribution in [1.29, 1.82) is 0 Å². The summed E-state index contributed by atoms with van der Waals surface area (Å²) >= 11 is 0. The van der Waals surface area contributed by atoms with Crippen LogP contribution < -0.4 is 0 Å². The van der Waals surface area contributed by atoms with E-state index in [2.05, 4.69) is 10.3 Å². The topological polar surface area (TPSA) is 71.3 Å². The summed E-state index contributed by atoms with van der Waals surface area (Å²) in [5.74, 6) is -0.390. The maximum Gasteiger partial charge on any atom is 0.254 e. The van der Waals surface area contributed by atoms with Crippen LogP contribution >= 0.6 is 0 Å². The minimum Gasteiger partial charge on any atom is -0.337 e. The van der Waals surface area contributed by atoms with Gasteiger partial charge in [-0.3, -0.25) is 9.59 Å². The Hall–Kier alpha value is -2.77. The van der Waals surface area contributed by atoms with Crippen LogP contribution in [-0.2, 0) is 11.3 Å². The van der Waals surface area contributed by atoms with Crippen LogP contribution in [0.1, 0.15) is 40.5 Å². The number of nitrogens with zero attached hydrogens (tertiary/aromatic N) is 5. The van der Waals surface area contributed by atoms with Gasteiger partial charge in [-0.15, -0.1) is 5.10 Å². The average Bonchev–Trinajstić information content (AvgIpc) is 3.19. The van der Waals surface area contributed by atoms with Gasteiger partial charge in [-0.05, 0) is 31.0 Å². The van der Waals surface area contributed by atoms with E-state index in [1.807, 2.05) is 6.20 Å². The SMILES string of the molecule is Cc1ccc(C(=O)N2CC(n3cc(CN4CCCC4=O)nn3)C2)cc1F. The van der Waals surface area contributed by atoms with Gasteiger partial charge in [-0.1, -0.05) is 11.3 Å². The monoisotopic (exact) mass is 357 g/mol. The van der Waals surface area contributed by atoms with Gasteiger partial charge in [0.05, 0.1) is 18.8 Å². The fraction of sp³-hybridized carbons (Fsp3) is 0.444. The van der Waals surface area contributed by atoms with Crippen molar-refractivity contribution in [2.75, 3.05) is 19.6 Å². The number of aryl methyl sites for hydroxylation is 1. The fourth-order valence-electron chi connectivity index (χ4n) is 3.33. The normalized spacial score (nSPS) is 17.7. The highest BCUT2D eigenvalue weighted by Crippen LogP contribution is 2.24. The van der Waals surface area contributed by atoms with E-state index in [1.165, 1.54) is 6.07 Å². The molecule has 1 aromatic carbocycles. The highest BCUT2D eigenvalue weighted by molar-refractivity contribution is 5.94. The second-order valence-electron chi connectivity index (χ2n) is 6.94. The lowest BCUT2D eigenvalue weighted by Gasteiger charge is -2.38. The summed E-state index contributed by atoms with van der Waals surface area (Å²) in [6.07, 6.45) is 3.34. The summed E-state index contributed by atoms with van der Waals surface area (Å²) in [5.41, 5.74) is 1.64. The molecule has 0 N–H and O–H groups in total. The van der Waals surface area contributed by atoms with Gasteiger partial charge in [0.25, 0.3) is 5.91 Å². The number of amides is 2. The van der Waals surface area contributed by atoms with Crippen LogP contribution in [0.4, 0.5) is 4.39 Å². The third-order valence-electron chi connectivity index (χ3n) is 5.02. The van der Waals surface area contributed by atoms with Crippen LogP contribution in [-0.4, -0.2) is 56.2 Å². The fourth-order valence-corrected chi connectivity index (χ4v) is 3.33. The Morgan fingerprint density at radius 1 is 1.35 bits per heavy atom. The number of hydrogen-bond donors (Lipinski definition) is 0.